The molecule has 0 aliphatic rings. The lowest BCUT2D eigenvalue weighted by molar-refractivity contribution is 1.08. The molecule has 0 N–H and O–H groups in total. The van der Waals surface area contributed by atoms with E-state index in [-0.39, 0.29) is 0 Å². The van der Waals surface area contributed by atoms with Gasteiger partial charge in [0.2, 0.25) is 0 Å². The van der Waals surface area contributed by atoms with Crippen molar-refractivity contribution in [3.8, 4) is 11.8 Å². The van der Waals surface area contributed by atoms with Crippen LogP contribution >= 0.6 is 0 Å². The summed E-state index contributed by atoms with van der Waals surface area (Å²) in [6.07, 6.45) is 1.54. The summed E-state index contributed by atoms with van der Waals surface area (Å²) in [4.78, 5) is 4.42. The fraction of sp³-hybridized carbons (Fsp3) is 0.188. The zero-order valence-electron chi connectivity index (χ0n) is 9.98. The number of hydrogen-bond acceptors (Lipinski definition) is 1. The van der Waals surface area contributed by atoms with Gasteiger partial charge in [-0.15, -0.1) is 0 Å². The highest BCUT2D eigenvalue weighted by molar-refractivity contribution is 5.22. The zero-order valence-corrected chi connectivity index (χ0v) is 9.98. The van der Waals surface area contributed by atoms with Crippen LogP contribution in [0.15, 0.2) is 48.5 Å². The van der Waals surface area contributed by atoms with E-state index in [0.29, 0.717) is 0 Å². The third-order valence-electron chi connectivity index (χ3n) is 2.48. The molecule has 1 nitrogen and oxygen atoms in total. The van der Waals surface area contributed by atoms with E-state index in [2.05, 4.69) is 29.0 Å². The van der Waals surface area contributed by atoms with Crippen LogP contribution in [0.3, 0.4) is 0 Å². The molecule has 0 aliphatic carbocycles. The Bertz CT molecular complexity index is 532. The Morgan fingerprint density at radius 1 is 0.882 bits per heavy atom. The summed E-state index contributed by atoms with van der Waals surface area (Å²) < 4.78 is 0. The summed E-state index contributed by atoms with van der Waals surface area (Å²) in [6.45, 7) is 2.00. The molecule has 0 amide bonds. The van der Waals surface area contributed by atoms with Crippen molar-refractivity contribution in [3.63, 3.8) is 0 Å². The number of rotatable bonds is 2. The molecule has 17 heavy (non-hydrogen) atoms. The van der Waals surface area contributed by atoms with Crippen LogP contribution in [0.2, 0.25) is 0 Å². The predicted octanol–water partition coefficient (Wildman–Crippen LogP) is 3.18. The van der Waals surface area contributed by atoms with Gasteiger partial charge in [-0.25, -0.2) is 0 Å². The summed E-state index contributed by atoms with van der Waals surface area (Å²) in [5.41, 5.74) is 3.36. The van der Waals surface area contributed by atoms with E-state index in [0.717, 1.165) is 24.2 Å². The van der Waals surface area contributed by atoms with Crippen molar-refractivity contribution in [2.75, 3.05) is 0 Å². The van der Waals surface area contributed by atoms with Crippen molar-refractivity contribution in [1.82, 2.24) is 4.98 Å². The summed E-state index contributed by atoms with van der Waals surface area (Å²) in [5.74, 6) is 6.34. The van der Waals surface area contributed by atoms with Gasteiger partial charge in [0.15, 0.2) is 0 Å². The Morgan fingerprint density at radius 3 is 2.41 bits per heavy atom. The van der Waals surface area contributed by atoms with Gasteiger partial charge in [-0.1, -0.05) is 48.2 Å². The van der Waals surface area contributed by atoms with Crippen LogP contribution in [0.4, 0.5) is 0 Å². The maximum absolute atomic E-state index is 4.42. The van der Waals surface area contributed by atoms with Gasteiger partial charge in [0.25, 0.3) is 0 Å². The summed E-state index contributed by atoms with van der Waals surface area (Å²) >= 11 is 0. The fourth-order valence-corrected chi connectivity index (χ4v) is 1.61. The molecule has 1 heterocycles. The Balaban J connectivity index is 1.91. The summed E-state index contributed by atoms with van der Waals surface area (Å²) in [7, 11) is 0. The van der Waals surface area contributed by atoms with Crippen molar-refractivity contribution < 1.29 is 0 Å². The van der Waals surface area contributed by atoms with Gasteiger partial charge in [0.05, 0.1) is 12.1 Å². The lowest BCUT2D eigenvalue weighted by Gasteiger charge is -1.95. The van der Waals surface area contributed by atoms with Gasteiger partial charge in [0.1, 0.15) is 0 Å². The van der Waals surface area contributed by atoms with Crippen LogP contribution < -0.4 is 0 Å². The van der Waals surface area contributed by atoms with E-state index in [4.69, 9.17) is 0 Å². The van der Waals surface area contributed by atoms with Crippen LogP contribution in [0.25, 0.3) is 0 Å². The molecule has 1 aromatic heterocycles. The molecule has 1 aromatic carbocycles. The van der Waals surface area contributed by atoms with E-state index >= 15 is 0 Å². The highest BCUT2D eigenvalue weighted by atomic mass is 14.7. The molecule has 0 aliphatic heterocycles. The predicted molar refractivity (Wildman–Crippen MR) is 70.6 cm³/mol. The molecule has 2 aromatic rings. The lowest BCUT2D eigenvalue weighted by atomic mass is 10.1. The minimum Gasteiger partial charge on any atom is -0.257 e. The molecule has 0 unspecified atom stereocenters. The van der Waals surface area contributed by atoms with Gasteiger partial charge < -0.3 is 0 Å². The van der Waals surface area contributed by atoms with Crippen LogP contribution in [0, 0.1) is 18.8 Å². The fourth-order valence-electron chi connectivity index (χ4n) is 1.61. The van der Waals surface area contributed by atoms with Crippen molar-refractivity contribution in [1.29, 1.82) is 0 Å². The van der Waals surface area contributed by atoms with Gasteiger partial charge in [-0.3, -0.25) is 4.98 Å². The molecular weight excluding hydrogens is 206 g/mol. The maximum Gasteiger partial charge on any atom is 0.0525 e. The average Bonchev–Trinajstić information content (AvgIpc) is 2.36. The molecule has 2 rings (SSSR count). The number of nitrogens with zero attached hydrogens (tertiary/aromatic N) is 1. The smallest absolute Gasteiger partial charge is 0.0525 e. The first-order valence-corrected chi connectivity index (χ1v) is 5.77. The zero-order chi connectivity index (χ0) is 11.9. The van der Waals surface area contributed by atoms with E-state index in [1.807, 2.05) is 43.3 Å². The highest BCUT2D eigenvalue weighted by Gasteiger charge is 1.91. The number of aromatic nitrogens is 1. The van der Waals surface area contributed by atoms with E-state index < -0.39 is 0 Å². The monoisotopic (exact) mass is 221 g/mol. The second kappa shape index (κ2) is 5.86. The van der Waals surface area contributed by atoms with Gasteiger partial charge in [0, 0.05) is 12.1 Å². The molecule has 0 saturated heterocycles. The molecule has 1 heteroatoms. The number of benzene rings is 1. The van der Waals surface area contributed by atoms with Crippen molar-refractivity contribution in [2.24, 2.45) is 0 Å². The molecule has 0 spiro atoms. The van der Waals surface area contributed by atoms with E-state index in [9.17, 15) is 0 Å². The molecule has 0 saturated carbocycles. The van der Waals surface area contributed by atoms with Gasteiger partial charge in [-0.05, 0) is 24.6 Å². The quantitative estimate of drug-likeness (QED) is 0.710. The van der Waals surface area contributed by atoms with E-state index in [1.54, 1.807) is 0 Å². The Hall–Kier alpha value is -2.07. The molecule has 0 atom stereocenters. The van der Waals surface area contributed by atoms with E-state index in [1.165, 1.54) is 5.56 Å². The molecule has 0 fully saturated rings. The van der Waals surface area contributed by atoms with Crippen molar-refractivity contribution >= 4 is 0 Å². The Kier molecular flexibility index (Phi) is 3.94. The number of aryl methyl sites for hydroxylation is 1. The molecule has 84 valence electrons. The summed E-state index contributed by atoms with van der Waals surface area (Å²) in [5, 5.41) is 0. The molecule has 0 bridgehead atoms. The average molecular weight is 221 g/mol. The molecular formula is C16H15N. The van der Waals surface area contributed by atoms with Crippen LogP contribution in [0.5, 0.6) is 0 Å². The van der Waals surface area contributed by atoms with Gasteiger partial charge >= 0.3 is 0 Å². The van der Waals surface area contributed by atoms with Crippen molar-refractivity contribution in [3.05, 3.63) is 65.5 Å². The highest BCUT2D eigenvalue weighted by Crippen LogP contribution is 2.00. The number of pyridine rings is 1. The largest absolute Gasteiger partial charge is 0.257 e. The summed E-state index contributed by atoms with van der Waals surface area (Å²) in [6, 6.07) is 16.3. The second-order valence-electron chi connectivity index (χ2n) is 3.96. The van der Waals surface area contributed by atoms with Crippen LogP contribution in [-0.2, 0) is 12.8 Å². The first-order chi connectivity index (χ1) is 8.34. The Morgan fingerprint density at radius 2 is 1.65 bits per heavy atom. The first kappa shape index (κ1) is 11.4. The Labute approximate surface area is 103 Å². The normalized spacial score (nSPS) is 9.47. The van der Waals surface area contributed by atoms with Crippen LogP contribution in [-0.4, -0.2) is 4.98 Å². The minimum atomic E-state index is 0.731. The standard InChI is InChI=1S/C16H15N/c1-14-8-7-13-16(17-14)12-6-5-11-15-9-3-2-4-10-15/h2-4,7-10,13H,11-12H2,1H3. The maximum atomic E-state index is 4.42. The van der Waals surface area contributed by atoms with Crippen molar-refractivity contribution in [2.45, 2.75) is 19.8 Å². The minimum absolute atomic E-state index is 0.731. The number of hydrogen-bond donors (Lipinski definition) is 0. The van der Waals surface area contributed by atoms with Crippen LogP contribution in [0.1, 0.15) is 17.0 Å². The third kappa shape index (κ3) is 3.77. The SMILES string of the molecule is Cc1cccc(CC#CCc2ccccc2)n1. The topological polar surface area (TPSA) is 12.9 Å². The second-order valence-corrected chi connectivity index (χ2v) is 3.96. The van der Waals surface area contributed by atoms with Gasteiger partial charge in [-0.2, -0.15) is 0 Å². The lowest BCUT2D eigenvalue weighted by Crippen LogP contribution is -1.89. The molecule has 0 radical (unpaired) electrons. The third-order valence-corrected chi connectivity index (χ3v) is 2.48. The first-order valence-electron chi connectivity index (χ1n) is 5.77.